The van der Waals surface area contributed by atoms with Crippen molar-refractivity contribution in [3.63, 3.8) is 0 Å². The molecule has 0 aliphatic carbocycles. The normalized spacial score (nSPS) is 20.1. The van der Waals surface area contributed by atoms with Crippen LogP contribution >= 0.6 is 11.3 Å². The Balaban J connectivity index is 1.45. The van der Waals surface area contributed by atoms with Gasteiger partial charge >= 0.3 is 0 Å². The van der Waals surface area contributed by atoms with Crippen molar-refractivity contribution in [3.8, 4) is 44.5 Å². The Morgan fingerprint density at radius 1 is 0.352 bits per heavy atom. The fraction of sp³-hybridized carbons (Fsp3) is 0. The van der Waals surface area contributed by atoms with E-state index in [0.717, 1.165) is 6.07 Å². The Labute approximate surface area is 367 Å². The fourth-order valence-corrected chi connectivity index (χ4v) is 6.86. The van der Waals surface area contributed by atoms with Crippen LogP contribution in [0.15, 0.2) is 212 Å². The molecule has 9 aromatic carbocycles. The smallest absolute Gasteiger partial charge is 0.0651 e. The predicted molar refractivity (Wildman–Crippen MR) is 233 cm³/mol. The Morgan fingerprint density at radius 3 is 1.69 bits per heavy atom. The molecule has 0 fully saturated rings. The van der Waals surface area contributed by atoms with E-state index in [9.17, 15) is 17.8 Å². The van der Waals surface area contributed by atoms with Crippen molar-refractivity contribution in [1.29, 1.82) is 0 Å². The molecule has 0 radical (unpaired) electrons. The highest BCUT2D eigenvalue weighted by Gasteiger charge is 2.20. The lowest BCUT2D eigenvalue weighted by atomic mass is 9.93. The van der Waals surface area contributed by atoms with E-state index < -0.39 is 298 Å². The summed E-state index contributed by atoms with van der Waals surface area (Å²) in [5.41, 5.74) is -9.91. The summed E-state index contributed by atoms with van der Waals surface area (Å²) in [6.07, 6.45) is 0. The van der Waals surface area contributed by atoms with Gasteiger partial charge in [-0.05, 0) is 97.6 Å². The number of benzene rings is 9. The highest BCUT2D eigenvalue weighted by Crippen LogP contribution is 2.47. The van der Waals surface area contributed by atoms with Gasteiger partial charge in [-0.1, -0.05) is 169 Å². The molecule has 254 valence electrons. The molecule has 0 bridgehead atoms. The number of fused-ring (bicyclic) bond motifs is 4. The highest BCUT2D eigenvalue weighted by molar-refractivity contribution is 7.27. The van der Waals surface area contributed by atoms with Gasteiger partial charge in [-0.15, -0.1) is 11.3 Å². The lowest BCUT2D eigenvalue weighted by Gasteiger charge is -2.27. The molecule has 0 spiro atoms. The third kappa shape index (κ3) is 5.74. The van der Waals surface area contributed by atoms with E-state index in [-0.39, 0.29) is 0 Å². The molecule has 0 saturated carbocycles. The van der Waals surface area contributed by atoms with Gasteiger partial charge in [0, 0.05) is 26.8 Å². The average Bonchev–Trinajstić information content (AvgIpc) is 1.28. The molecule has 0 atom stereocenters. The van der Waals surface area contributed by atoms with Crippen LogP contribution in [0.25, 0.3) is 75.5 Å². The topological polar surface area (TPSA) is 3.24 Å². The van der Waals surface area contributed by atoms with Crippen molar-refractivity contribution >= 4 is 59.3 Å². The Kier molecular flexibility index (Phi) is 3.14. The second-order valence-electron chi connectivity index (χ2n) is 11.1. The molecule has 0 amide bonds. The molecule has 0 saturated heterocycles. The van der Waals surface area contributed by atoms with E-state index in [2.05, 4.69) is 0 Å². The van der Waals surface area contributed by atoms with E-state index in [1.807, 2.05) is 0 Å². The molecule has 0 unspecified atom stereocenters. The van der Waals surface area contributed by atoms with E-state index >= 15 is 0 Å². The fourth-order valence-electron chi connectivity index (χ4n) is 5.66. The summed E-state index contributed by atoms with van der Waals surface area (Å²) in [5, 5.41) is -2.22. The van der Waals surface area contributed by atoms with Crippen LogP contribution in [-0.2, 0) is 0 Å². The van der Waals surface area contributed by atoms with Gasteiger partial charge < -0.3 is 4.90 Å². The van der Waals surface area contributed by atoms with E-state index in [1.54, 1.807) is 0 Å². The van der Waals surface area contributed by atoms with Crippen molar-refractivity contribution in [2.75, 3.05) is 4.90 Å². The van der Waals surface area contributed by atoms with Crippen LogP contribution in [0, 0.1) is 0 Å². The van der Waals surface area contributed by atoms with Gasteiger partial charge in [-0.3, -0.25) is 0 Å². The average molecular weight is 740 g/mol. The summed E-state index contributed by atoms with van der Waals surface area (Å²) in [6.45, 7) is 0. The second-order valence-corrected chi connectivity index (χ2v) is 12.1. The number of nitrogens with zero attached hydrogens (tertiary/aromatic N) is 1. The summed E-state index contributed by atoms with van der Waals surface area (Å²) in [4.78, 5) is 0.422. The Hall–Kier alpha value is -6.74. The second kappa shape index (κ2) is 13.7. The number of thiophene rings is 1. The quantitative estimate of drug-likeness (QED) is 0.157. The minimum Gasteiger partial charge on any atom is -0.309 e. The third-order valence-electron chi connectivity index (χ3n) is 8.00. The van der Waals surface area contributed by atoms with Gasteiger partial charge in [-0.25, -0.2) is 0 Å². The molecule has 1 nitrogen and oxygen atoms in total. The third-order valence-corrected chi connectivity index (χ3v) is 9.22. The molecule has 0 aliphatic rings. The zero-order valence-electron chi connectivity index (χ0n) is 60.9. The van der Waals surface area contributed by atoms with Crippen LogP contribution < -0.4 is 4.90 Å². The first kappa shape index (κ1) is 12.4. The van der Waals surface area contributed by atoms with Crippen LogP contribution in [0.4, 0.5) is 17.1 Å². The number of hydrogen-bond acceptors (Lipinski definition) is 2. The highest BCUT2D eigenvalue weighted by atomic mass is 32.1. The molecule has 10 aromatic rings. The van der Waals surface area contributed by atoms with Gasteiger partial charge in [-0.2, -0.15) is 0 Å². The molecule has 2 heteroatoms. The van der Waals surface area contributed by atoms with Crippen molar-refractivity contribution in [3.05, 3.63) is 212 Å². The molecule has 10 rings (SSSR count). The molecule has 0 aliphatic heterocycles. The minimum absolute atomic E-state index is 0.356. The number of hydrogen-bond donors (Lipinski definition) is 0. The monoisotopic (exact) mass is 739 g/mol. The maximum atomic E-state index is 9.92. The first-order valence-electron chi connectivity index (χ1n) is 32.7. The molecule has 0 N–H and O–H groups in total. The largest absolute Gasteiger partial charge is 0.309 e. The van der Waals surface area contributed by atoms with Gasteiger partial charge in [0.15, 0.2) is 0 Å². The molecule has 1 aromatic heterocycles. The van der Waals surface area contributed by atoms with Gasteiger partial charge in [0.25, 0.3) is 0 Å². The van der Waals surface area contributed by atoms with Crippen molar-refractivity contribution < 1.29 is 46.6 Å². The number of anilines is 3. The predicted octanol–water partition coefficient (Wildman–Crippen LogP) is 15.3. The van der Waals surface area contributed by atoms with Gasteiger partial charge in [0.05, 0.1) is 57.0 Å². The van der Waals surface area contributed by atoms with Crippen LogP contribution in [0.3, 0.4) is 0 Å². The molecule has 1 heterocycles. The zero-order chi connectivity index (χ0) is 65.4. The maximum Gasteiger partial charge on any atom is 0.0651 e. The minimum atomic E-state index is -1.34. The van der Waals surface area contributed by atoms with E-state index in [1.165, 1.54) is 0 Å². The SMILES string of the molecule is [2H]c1cc2c(-c3c([2H])c([2H])c([2H])c([2H])c3[2H])c([2H])c(-c3c([2H])c([2H])c(N(c4c([2H])c([2H])c([2H])c(-c5c([2H])c([2H])c([2H])c([2H])c5[2H])c4[2H])c4c([2H])c([2H])c([2H])c5c4sc4c(-c6c([2H])c([2H])c([2H])c([2H])c6[2H])c([2H])c([2H])c([2H])c45)c([2H])c3[2H])c([2H])c2c([2H])c1[2H]. The molecular formula is C52H35NS. The Bertz CT molecular complexity index is 4800. The van der Waals surface area contributed by atoms with Crippen molar-refractivity contribution in [1.82, 2.24) is 0 Å². The van der Waals surface area contributed by atoms with Crippen LogP contribution in [0.2, 0.25) is 0 Å². The van der Waals surface area contributed by atoms with Gasteiger partial charge in [0.2, 0.25) is 0 Å². The van der Waals surface area contributed by atoms with Crippen molar-refractivity contribution in [2.45, 2.75) is 0 Å². The molecule has 54 heavy (non-hydrogen) atoms. The standard InChI is InChI=1S/C52H35NS/c1-4-15-36(16-5-1)40-22-12-23-44(34-40)53(50-28-14-27-48-47-26-13-25-46(51(47)54-52(48)50)38-17-6-2-7-18-38)43-31-29-37(30-32-43)42-33-41-21-10-11-24-45(41)49(35-42)39-19-8-3-9-20-39/h1-35H/i1D,2D,3D,4D,5D,6D,7D,8D,9D,10D,11D,12D,13D,14D,15D,16D,17D,18D,19D,20D,21D,22D,23D,25D,26D,27D,28D,29D,30D,31D,32D,33D,34D,35D. The first-order valence-corrected chi connectivity index (χ1v) is 16.5. The summed E-state index contributed by atoms with van der Waals surface area (Å²) in [5.74, 6) is 0. The summed E-state index contributed by atoms with van der Waals surface area (Å²) in [7, 11) is 0. The summed E-state index contributed by atoms with van der Waals surface area (Å²) in [6, 6.07) is -33.8. The van der Waals surface area contributed by atoms with E-state index in [4.69, 9.17) is 28.8 Å². The van der Waals surface area contributed by atoms with Gasteiger partial charge in [0.1, 0.15) is 0 Å². The van der Waals surface area contributed by atoms with Crippen LogP contribution in [0.5, 0.6) is 0 Å². The lowest BCUT2D eigenvalue weighted by Crippen LogP contribution is -2.10. The molecular weight excluding hydrogens is 671 g/mol. The van der Waals surface area contributed by atoms with Crippen molar-refractivity contribution in [2.24, 2.45) is 0 Å². The van der Waals surface area contributed by atoms with Crippen LogP contribution in [-0.4, -0.2) is 0 Å². The Morgan fingerprint density at radius 2 is 0.944 bits per heavy atom. The summed E-state index contributed by atoms with van der Waals surface area (Å²) < 4.78 is 306. The number of rotatable bonds is 7. The maximum absolute atomic E-state index is 9.92. The van der Waals surface area contributed by atoms with Crippen LogP contribution in [0.1, 0.15) is 46.6 Å². The first-order chi connectivity index (χ1) is 40.9. The zero-order valence-corrected chi connectivity index (χ0v) is 27.7. The summed E-state index contributed by atoms with van der Waals surface area (Å²) >= 11 is 0.356. The van der Waals surface area contributed by atoms with E-state index in [0.29, 0.717) is 16.2 Å². The lowest BCUT2D eigenvalue weighted by molar-refractivity contribution is 1.30.